The normalized spacial score (nSPS) is 13.6. The molecule has 0 saturated carbocycles. The van der Waals surface area contributed by atoms with Crippen LogP contribution >= 0.6 is 27.3 Å². The summed E-state index contributed by atoms with van der Waals surface area (Å²) >= 11 is 4.99. The van der Waals surface area contributed by atoms with Gasteiger partial charge in [-0.25, -0.2) is 0 Å². The third-order valence-electron chi connectivity index (χ3n) is 1.81. The monoisotopic (exact) mass is 305 g/mol. The van der Waals surface area contributed by atoms with Crippen molar-refractivity contribution in [1.29, 1.82) is 0 Å². The number of hydrogen-bond acceptors (Lipinski definition) is 4. The van der Waals surface area contributed by atoms with Crippen molar-refractivity contribution < 1.29 is 9.53 Å². The Morgan fingerprint density at radius 3 is 2.69 bits per heavy atom. The molecule has 90 valence electrons. The van der Waals surface area contributed by atoms with Crippen LogP contribution in [0.1, 0.15) is 25.6 Å². The molecule has 2 N–H and O–H groups in total. The lowest BCUT2D eigenvalue weighted by atomic mass is 10.1. The second-order valence-electron chi connectivity index (χ2n) is 4.54. The van der Waals surface area contributed by atoms with Crippen LogP contribution in [0.15, 0.2) is 15.9 Å². The van der Waals surface area contributed by atoms with E-state index in [9.17, 15) is 4.79 Å². The Morgan fingerprint density at radius 1 is 1.62 bits per heavy atom. The van der Waals surface area contributed by atoms with Crippen molar-refractivity contribution in [3.05, 3.63) is 20.8 Å². The van der Waals surface area contributed by atoms with Gasteiger partial charge in [-0.3, -0.25) is 4.79 Å². The van der Waals surface area contributed by atoms with E-state index >= 15 is 0 Å². The minimum atomic E-state index is -0.603. The highest BCUT2D eigenvalue weighted by molar-refractivity contribution is 9.10. The van der Waals surface area contributed by atoms with E-state index in [0.717, 1.165) is 9.35 Å². The van der Waals surface area contributed by atoms with E-state index in [-0.39, 0.29) is 5.97 Å². The minimum absolute atomic E-state index is 0.354. The Morgan fingerprint density at radius 2 is 2.25 bits per heavy atom. The zero-order valence-electron chi connectivity index (χ0n) is 9.62. The number of carbonyl (C=O) groups excluding carboxylic acids is 1. The molecule has 0 aliphatic carbocycles. The lowest BCUT2D eigenvalue weighted by molar-refractivity contribution is -0.156. The molecular weight excluding hydrogens is 290 g/mol. The van der Waals surface area contributed by atoms with Gasteiger partial charge >= 0.3 is 5.97 Å². The fourth-order valence-electron chi connectivity index (χ4n) is 1.13. The van der Waals surface area contributed by atoms with Crippen molar-refractivity contribution in [2.24, 2.45) is 5.73 Å². The molecule has 5 heteroatoms. The highest BCUT2D eigenvalue weighted by Crippen LogP contribution is 2.24. The number of halogens is 1. The number of rotatable bonds is 3. The topological polar surface area (TPSA) is 52.3 Å². The van der Waals surface area contributed by atoms with Crippen molar-refractivity contribution >= 4 is 33.2 Å². The number of thiophene rings is 1. The van der Waals surface area contributed by atoms with Crippen LogP contribution in [0.5, 0.6) is 0 Å². The Bertz CT molecular complexity index is 370. The maximum absolute atomic E-state index is 11.6. The molecule has 1 atom stereocenters. The first-order chi connectivity index (χ1) is 7.29. The van der Waals surface area contributed by atoms with Gasteiger partial charge < -0.3 is 10.5 Å². The van der Waals surface area contributed by atoms with Crippen molar-refractivity contribution in [1.82, 2.24) is 0 Å². The Labute approximate surface area is 108 Å². The van der Waals surface area contributed by atoms with Gasteiger partial charge in [-0.1, -0.05) is 0 Å². The molecule has 0 amide bonds. The van der Waals surface area contributed by atoms with Crippen molar-refractivity contribution in [2.75, 3.05) is 0 Å². The summed E-state index contributed by atoms with van der Waals surface area (Å²) in [6, 6.07) is 1.34. The molecule has 0 saturated heterocycles. The van der Waals surface area contributed by atoms with Crippen molar-refractivity contribution in [3.63, 3.8) is 0 Å². The maximum Gasteiger partial charge on any atom is 0.323 e. The second kappa shape index (κ2) is 5.29. The van der Waals surface area contributed by atoms with Gasteiger partial charge in [0, 0.05) is 15.8 Å². The predicted octanol–water partition coefficient (Wildman–Crippen LogP) is 2.72. The molecule has 1 heterocycles. The first kappa shape index (κ1) is 13.7. The summed E-state index contributed by atoms with van der Waals surface area (Å²) in [6.45, 7) is 5.50. The standard InChI is InChI=1S/C11H16BrNO2S/c1-11(2,3)15-10(14)8(13)6-9-7(12)4-5-16-9/h4-5,8H,6,13H2,1-3H3. The van der Waals surface area contributed by atoms with E-state index in [1.165, 1.54) is 0 Å². The highest BCUT2D eigenvalue weighted by Gasteiger charge is 2.23. The predicted molar refractivity (Wildman–Crippen MR) is 69.5 cm³/mol. The van der Waals surface area contributed by atoms with Crippen LogP contribution in [0.2, 0.25) is 0 Å². The Kier molecular flexibility index (Phi) is 4.52. The quantitative estimate of drug-likeness (QED) is 0.874. The minimum Gasteiger partial charge on any atom is -0.459 e. The Balaban J connectivity index is 2.56. The van der Waals surface area contributed by atoms with Crippen molar-refractivity contribution in [3.8, 4) is 0 Å². The molecule has 1 aromatic rings. The van der Waals surface area contributed by atoms with E-state index < -0.39 is 11.6 Å². The zero-order chi connectivity index (χ0) is 12.3. The Hall–Kier alpha value is -0.390. The fourth-order valence-corrected chi connectivity index (χ4v) is 2.71. The summed E-state index contributed by atoms with van der Waals surface area (Å²) in [5.74, 6) is -0.354. The molecule has 0 spiro atoms. The van der Waals surface area contributed by atoms with E-state index in [2.05, 4.69) is 15.9 Å². The van der Waals surface area contributed by atoms with Gasteiger partial charge in [-0.15, -0.1) is 11.3 Å². The van der Waals surface area contributed by atoms with Gasteiger partial charge in [0.2, 0.25) is 0 Å². The summed E-state index contributed by atoms with van der Waals surface area (Å²) < 4.78 is 6.21. The summed E-state index contributed by atoms with van der Waals surface area (Å²) in [6.07, 6.45) is 0.507. The lowest BCUT2D eigenvalue weighted by Crippen LogP contribution is -2.38. The average molecular weight is 306 g/mol. The van der Waals surface area contributed by atoms with Crippen LogP contribution in [0.4, 0.5) is 0 Å². The number of esters is 1. The lowest BCUT2D eigenvalue weighted by Gasteiger charge is -2.22. The summed E-state index contributed by atoms with van der Waals surface area (Å²) in [5.41, 5.74) is 5.31. The maximum atomic E-state index is 11.6. The highest BCUT2D eigenvalue weighted by atomic mass is 79.9. The molecule has 1 aromatic heterocycles. The zero-order valence-corrected chi connectivity index (χ0v) is 12.0. The molecule has 3 nitrogen and oxygen atoms in total. The molecule has 0 aliphatic rings. The molecule has 1 unspecified atom stereocenters. The fraction of sp³-hybridized carbons (Fsp3) is 0.545. The number of hydrogen-bond donors (Lipinski definition) is 1. The van der Waals surface area contributed by atoms with E-state index in [1.54, 1.807) is 11.3 Å². The smallest absolute Gasteiger partial charge is 0.323 e. The van der Waals surface area contributed by atoms with Crippen LogP contribution < -0.4 is 5.73 Å². The van der Waals surface area contributed by atoms with E-state index in [1.807, 2.05) is 32.2 Å². The molecule has 1 rings (SSSR count). The van der Waals surface area contributed by atoms with E-state index in [4.69, 9.17) is 10.5 Å². The molecule has 16 heavy (non-hydrogen) atoms. The van der Waals surface area contributed by atoms with E-state index in [0.29, 0.717) is 6.42 Å². The van der Waals surface area contributed by atoms with Crippen LogP contribution in [0, 0.1) is 0 Å². The van der Waals surface area contributed by atoms with Gasteiger partial charge in [-0.2, -0.15) is 0 Å². The molecule has 0 radical (unpaired) electrons. The summed E-state index contributed by atoms with van der Waals surface area (Å²) in [7, 11) is 0. The van der Waals surface area contributed by atoms with Gasteiger partial charge in [0.25, 0.3) is 0 Å². The van der Waals surface area contributed by atoms with Gasteiger partial charge in [0.15, 0.2) is 0 Å². The third-order valence-corrected chi connectivity index (χ3v) is 3.75. The van der Waals surface area contributed by atoms with Crippen LogP contribution in [0.3, 0.4) is 0 Å². The van der Waals surface area contributed by atoms with Gasteiger partial charge in [-0.05, 0) is 48.1 Å². The average Bonchev–Trinajstić information content (AvgIpc) is 2.49. The van der Waals surface area contributed by atoms with Crippen LogP contribution in [-0.2, 0) is 16.0 Å². The summed E-state index contributed by atoms with van der Waals surface area (Å²) in [5, 5.41) is 1.96. The van der Waals surface area contributed by atoms with Crippen molar-refractivity contribution in [2.45, 2.75) is 38.8 Å². The number of ether oxygens (including phenoxy) is 1. The SMILES string of the molecule is CC(C)(C)OC(=O)C(N)Cc1sccc1Br. The number of carbonyl (C=O) groups is 1. The second-order valence-corrected chi connectivity index (χ2v) is 6.39. The molecule has 0 aromatic carbocycles. The molecule has 0 bridgehead atoms. The first-order valence-electron chi connectivity index (χ1n) is 5.00. The third kappa shape index (κ3) is 4.23. The summed E-state index contributed by atoms with van der Waals surface area (Å²) in [4.78, 5) is 12.7. The molecular formula is C11H16BrNO2S. The first-order valence-corrected chi connectivity index (χ1v) is 6.67. The largest absolute Gasteiger partial charge is 0.459 e. The van der Waals surface area contributed by atoms with Gasteiger partial charge in [0.05, 0.1) is 0 Å². The van der Waals surface area contributed by atoms with Gasteiger partial charge in [0.1, 0.15) is 11.6 Å². The molecule has 0 aliphatic heterocycles. The van der Waals surface area contributed by atoms with Crippen LogP contribution in [0.25, 0.3) is 0 Å². The number of nitrogens with two attached hydrogens (primary N) is 1. The molecule has 0 fully saturated rings. The van der Waals surface area contributed by atoms with Crippen LogP contribution in [-0.4, -0.2) is 17.6 Å².